The number of sulfonamides is 1. The van der Waals surface area contributed by atoms with E-state index in [2.05, 4.69) is 0 Å². The third kappa shape index (κ3) is 2.71. The molecule has 2 heterocycles. The molecule has 0 bridgehead atoms. The molecule has 1 aromatic carbocycles. The molecule has 1 aromatic rings. The summed E-state index contributed by atoms with van der Waals surface area (Å²) < 4.78 is 32.5. The number of rotatable bonds is 2. The number of piperidine rings is 1. The lowest BCUT2D eigenvalue weighted by Gasteiger charge is -2.42. The van der Waals surface area contributed by atoms with Gasteiger partial charge in [-0.25, -0.2) is 8.42 Å². The summed E-state index contributed by atoms with van der Waals surface area (Å²) in [5, 5.41) is 10.7. The van der Waals surface area contributed by atoms with Crippen LogP contribution >= 0.6 is 11.6 Å². The predicted molar refractivity (Wildman–Crippen MR) is 78.8 cm³/mol. The Labute approximate surface area is 129 Å². The molecule has 0 saturated carbocycles. The number of benzene rings is 1. The normalized spacial score (nSPS) is 30.9. The molecule has 0 amide bonds. The van der Waals surface area contributed by atoms with Gasteiger partial charge in [0.05, 0.1) is 11.0 Å². The van der Waals surface area contributed by atoms with E-state index in [-0.39, 0.29) is 11.4 Å². The van der Waals surface area contributed by atoms with Gasteiger partial charge in [0.1, 0.15) is 5.60 Å². The van der Waals surface area contributed by atoms with E-state index in [1.807, 2.05) is 0 Å². The number of aliphatic hydroxyl groups is 1. The van der Waals surface area contributed by atoms with Crippen molar-refractivity contribution in [1.82, 2.24) is 4.31 Å². The summed E-state index contributed by atoms with van der Waals surface area (Å²) in [6.07, 6.45) is 1.34. The van der Waals surface area contributed by atoms with Crippen molar-refractivity contribution in [3.05, 3.63) is 29.3 Å². The Bertz CT molecular complexity index is 610. The zero-order valence-electron chi connectivity index (χ0n) is 11.5. The monoisotopic (exact) mass is 331 g/mol. The number of hydrogen-bond donors (Lipinski definition) is 1. The number of nitrogens with zero attached hydrogens (tertiary/aromatic N) is 1. The number of halogens is 1. The van der Waals surface area contributed by atoms with Crippen molar-refractivity contribution in [2.24, 2.45) is 0 Å². The fourth-order valence-corrected chi connectivity index (χ4v) is 4.72. The van der Waals surface area contributed by atoms with E-state index in [0.717, 1.165) is 6.42 Å². The van der Waals surface area contributed by atoms with Crippen molar-refractivity contribution in [3.63, 3.8) is 0 Å². The van der Waals surface area contributed by atoms with E-state index in [0.29, 0.717) is 31.0 Å². The molecule has 1 spiro atoms. The van der Waals surface area contributed by atoms with E-state index in [4.69, 9.17) is 16.3 Å². The van der Waals surface area contributed by atoms with Crippen LogP contribution in [-0.4, -0.2) is 49.2 Å². The van der Waals surface area contributed by atoms with E-state index >= 15 is 0 Å². The van der Waals surface area contributed by atoms with Crippen molar-refractivity contribution >= 4 is 21.6 Å². The van der Waals surface area contributed by atoms with Gasteiger partial charge in [0, 0.05) is 24.7 Å². The second kappa shape index (κ2) is 5.52. The van der Waals surface area contributed by atoms with E-state index in [1.165, 1.54) is 16.4 Å². The smallest absolute Gasteiger partial charge is 0.243 e. The van der Waals surface area contributed by atoms with Crippen molar-refractivity contribution in [2.45, 2.75) is 35.9 Å². The zero-order valence-corrected chi connectivity index (χ0v) is 13.1. The average Bonchev–Trinajstić information content (AvgIpc) is 2.92. The first-order valence-electron chi connectivity index (χ1n) is 7.02. The highest BCUT2D eigenvalue weighted by Crippen LogP contribution is 2.36. The molecule has 2 fully saturated rings. The maximum Gasteiger partial charge on any atom is 0.243 e. The van der Waals surface area contributed by atoms with Gasteiger partial charge in [-0.1, -0.05) is 11.6 Å². The highest BCUT2D eigenvalue weighted by molar-refractivity contribution is 7.89. The molecule has 1 N–H and O–H groups in total. The SMILES string of the molecule is O=S(=O)(c1ccc(Cl)cc1)N1CC[C@H](O)[C@]2(CCCO2)C1. The van der Waals surface area contributed by atoms with Crippen LogP contribution in [0.5, 0.6) is 0 Å². The minimum Gasteiger partial charge on any atom is -0.390 e. The zero-order chi connectivity index (χ0) is 15.1. The molecule has 2 aliphatic heterocycles. The Morgan fingerprint density at radius 2 is 2.05 bits per heavy atom. The molecular formula is C14H18ClNO4S. The van der Waals surface area contributed by atoms with Gasteiger partial charge in [-0.2, -0.15) is 4.31 Å². The van der Waals surface area contributed by atoms with Crippen LogP contribution in [0.3, 0.4) is 0 Å². The van der Waals surface area contributed by atoms with E-state index < -0.39 is 21.7 Å². The summed E-state index contributed by atoms with van der Waals surface area (Å²) >= 11 is 5.80. The van der Waals surface area contributed by atoms with Crippen LogP contribution in [0.25, 0.3) is 0 Å². The maximum absolute atomic E-state index is 12.7. The van der Waals surface area contributed by atoms with Crippen LogP contribution in [0.2, 0.25) is 5.02 Å². The molecule has 3 rings (SSSR count). The van der Waals surface area contributed by atoms with E-state index in [1.54, 1.807) is 12.1 Å². The summed E-state index contributed by atoms with van der Waals surface area (Å²) in [6, 6.07) is 6.14. The Hall–Kier alpha value is -0.660. The number of aliphatic hydroxyl groups excluding tert-OH is 1. The fourth-order valence-electron chi connectivity index (χ4n) is 3.08. The lowest BCUT2D eigenvalue weighted by Crippen LogP contribution is -2.57. The van der Waals surface area contributed by atoms with Gasteiger partial charge in [-0.15, -0.1) is 0 Å². The van der Waals surface area contributed by atoms with Crippen molar-refractivity contribution < 1.29 is 18.3 Å². The summed E-state index contributed by atoms with van der Waals surface area (Å²) in [5.74, 6) is 0. The topological polar surface area (TPSA) is 66.8 Å². The highest BCUT2D eigenvalue weighted by Gasteiger charge is 2.48. The van der Waals surface area contributed by atoms with Crippen molar-refractivity contribution in [1.29, 1.82) is 0 Å². The first kappa shape index (κ1) is 15.2. The molecule has 0 radical (unpaired) electrons. The van der Waals surface area contributed by atoms with Crippen LogP contribution in [0, 0.1) is 0 Å². The molecular weight excluding hydrogens is 314 g/mol. The lowest BCUT2D eigenvalue weighted by molar-refractivity contribution is -0.117. The van der Waals surface area contributed by atoms with Crippen LogP contribution in [-0.2, 0) is 14.8 Å². The Morgan fingerprint density at radius 1 is 1.33 bits per heavy atom. The van der Waals surface area contributed by atoms with Crippen LogP contribution in [0.15, 0.2) is 29.2 Å². The summed E-state index contributed by atoms with van der Waals surface area (Å²) in [6.45, 7) is 1.09. The summed E-state index contributed by atoms with van der Waals surface area (Å²) in [5.41, 5.74) is -0.738. The molecule has 116 valence electrons. The van der Waals surface area contributed by atoms with Crippen molar-refractivity contribution in [2.75, 3.05) is 19.7 Å². The van der Waals surface area contributed by atoms with Gasteiger partial charge in [0.25, 0.3) is 0 Å². The third-order valence-corrected chi connectivity index (χ3v) is 6.40. The summed E-state index contributed by atoms with van der Waals surface area (Å²) in [7, 11) is -3.58. The van der Waals surface area contributed by atoms with Gasteiger partial charge >= 0.3 is 0 Å². The molecule has 2 aliphatic rings. The molecule has 5 nitrogen and oxygen atoms in total. The van der Waals surface area contributed by atoms with Gasteiger partial charge in [-0.3, -0.25) is 0 Å². The minimum absolute atomic E-state index is 0.207. The fraction of sp³-hybridized carbons (Fsp3) is 0.571. The Kier molecular flexibility index (Phi) is 4.00. The van der Waals surface area contributed by atoms with Gasteiger partial charge in [0.2, 0.25) is 10.0 Å². The molecule has 2 saturated heterocycles. The van der Waals surface area contributed by atoms with Crippen LogP contribution in [0.4, 0.5) is 0 Å². The first-order chi connectivity index (χ1) is 9.94. The molecule has 0 aliphatic carbocycles. The van der Waals surface area contributed by atoms with Crippen molar-refractivity contribution in [3.8, 4) is 0 Å². The molecule has 0 unspecified atom stereocenters. The second-order valence-electron chi connectivity index (χ2n) is 5.61. The first-order valence-corrected chi connectivity index (χ1v) is 8.84. The molecule has 2 atom stereocenters. The molecule has 21 heavy (non-hydrogen) atoms. The number of ether oxygens (including phenoxy) is 1. The molecule has 0 aromatic heterocycles. The maximum atomic E-state index is 12.7. The predicted octanol–water partition coefficient (Wildman–Crippen LogP) is 1.64. The largest absolute Gasteiger partial charge is 0.390 e. The standard InChI is InChI=1S/C14H18ClNO4S/c15-11-2-4-12(5-3-11)21(18,19)16-8-6-13(17)14(10-16)7-1-9-20-14/h2-5,13,17H,1,6-10H2/t13-,14-/m0/s1. The minimum atomic E-state index is -3.58. The third-order valence-electron chi connectivity index (χ3n) is 4.29. The van der Waals surface area contributed by atoms with Gasteiger partial charge in [-0.05, 0) is 43.5 Å². The molecule has 7 heteroatoms. The lowest BCUT2D eigenvalue weighted by atomic mass is 9.88. The second-order valence-corrected chi connectivity index (χ2v) is 7.99. The summed E-state index contributed by atoms with van der Waals surface area (Å²) in [4.78, 5) is 0.219. The van der Waals surface area contributed by atoms with Gasteiger partial charge < -0.3 is 9.84 Å². The van der Waals surface area contributed by atoms with E-state index in [9.17, 15) is 13.5 Å². The highest BCUT2D eigenvalue weighted by atomic mass is 35.5. The quantitative estimate of drug-likeness (QED) is 0.894. The Balaban J connectivity index is 1.87. The Morgan fingerprint density at radius 3 is 2.67 bits per heavy atom. The average molecular weight is 332 g/mol. The van der Waals surface area contributed by atoms with Gasteiger partial charge in [0.15, 0.2) is 0 Å². The van der Waals surface area contributed by atoms with Crippen LogP contribution in [0.1, 0.15) is 19.3 Å². The number of hydrogen-bond acceptors (Lipinski definition) is 4. The van der Waals surface area contributed by atoms with Crippen LogP contribution < -0.4 is 0 Å².